The predicted octanol–water partition coefficient (Wildman–Crippen LogP) is 3.18. The van der Waals surface area contributed by atoms with Crippen LogP contribution in [0.25, 0.3) is 0 Å². The summed E-state index contributed by atoms with van der Waals surface area (Å²) < 4.78 is 12.2. The summed E-state index contributed by atoms with van der Waals surface area (Å²) in [4.78, 5) is 44.5. The van der Waals surface area contributed by atoms with E-state index in [9.17, 15) is 14.4 Å². The Kier molecular flexibility index (Phi) is 5.59. The lowest BCUT2D eigenvalue weighted by atomic mass is 9.86. The number of rotatable bonds is 5. The molecule has 9 nitrogen and oxygen atoms in total. The Labute approximate surface area is 204 Å². The Morgan fingerprint density at radius 1 is 1.03 bits per heavy atom. The molecule has 0 spiro atoms. The molecular weight excluding hydrogens is 448 g/mol. The van der Waals surface area contributed by atoms with Crippen molar-refractivity contribution in [2.75, 3.05) is 13.1 Å². The molecule has 0 N–H and O–H groups in total. The molecule has 4 aliphatic rings. The van der Waals surface area contributed by atoms with E-state index in [1.165, 1.54) is 11.4 Å². The van der Waals surface area contributed by atoms with Gasteiger partial charge < -0.3 is 9.15 Å². The molecule has 6 rings (SSSR count). The largest absolute Gasteiger partial charge is 0.489 e. The summed E-state index contributed by atoms with van der Waals surface area (Å²) in [6.07, 6.45) is 7.38. The van der Waals surface area contributed by atoms with Gasteiger partial charge in [-0.15, -0.1) is 0 Å². The maximum absolute atomic E-state index is 12.9. The third kappa shape index (κ3) is 4.01. The molecule has 3 aliphatic heterocycles. The minimum atomic E-state index is -0.309. The lowest BCUT2D eigenvalue weighted by Gasteiger charge is -2.47. The van der Waals surface area contributed by atoms with Gasteiger partial charge in [-0.2, -0.15) is 5.01 Å². The number of hydrogen-bond acceptors (Lipinski definition) is 7. The standard InChI is InChI=1S/C26H30N4O5/c1-16-12-27-25(34-16)18-13-28(14-18)21-5-2-3-6-22(21)35-19-9-10-20-17(11-19)15-29(26(20)33)30-23(31)7-4-8-24(30)32/h9-12,18,21-22H,2-8,13-15H2,1H3/t21-,22-/m1/s1. The minimum Gasteiger partial charge on any atom is -0.489 e. The summed E-state index contributed by atoms with van der Waals surface area (Å²) in [6.45, 7) is 3.98. The van der Waals surface area contributed by atoms with Crippen LogP contribution in [0.5, 0.6) is 5.75 Å². The van der Waals surface area contributed by atoms with Gasteiger partial charge in [-0.1, -0.05) is 6.42 Å². The molecule has 3 fully saturated rings. The van der Waals surface area contributed by atoms with E-state index >= 15 is 0 Å². The van der Waals surface area contributed by atoms with Gasteiger partial charge >= 0.3 is 0 Å². The summed E-state index contributed by atoms with van der Waals surface area (Å²) in [5.41, 5.74) is 1.31. The second kappa shape index (κ2) is 8.78. The molecule has 2 saturated heterocycles. The first kappa shape index (κ1) is 22.3. The van der Waals surface area contributed by atoms with Crippen LogP contribution in [0.15, 0.2) is 28.8 Å². The highest BCUT2D eigenvalue weighted by Crippen LogP contribution is 2.36. The lowest BCUT2D eigenvalue weighted by Crippen LogP contribution is -2.57. The second-order valence-electron chi connectivity index (χ2n) is 10.1. The van der Waals surface area contributed by atoms with Crippen molar-refractivity contribution in [1.29, 1.82) is 0 Å². The van der Waals surface area contributed by atoms with Gasteiger partial charge in [-0.25, -0.2) is 9.99 Å². The molecule has 2 atom stereocenters. The first-order valence-electron chi connectivity index (χ1n) is 12.6. The van der Waals surface area contributed by atoms with Gasteiger partial charge in [0.15, 0.2) is 5.89 Å². The summed E-state index contributed by atoms with van der Waals surface area (Å²) in [6, 6.07) is 5.83. The first-order valence-corrected chi connectivity index (χ1v) is 12.6. The number of nitrogens with zero attached hydrogens (tertiary/aromatic N) is 4. The molecule has 4 heterocycles. The number of hydrogen-bond donors (Lipinski definition) is 0. The normalized spacial score (nSPS) is 25.7. The van der Waals surface area contributed by atoms with Crippen LogP contribution in [0, 0.1) is 6.92 Å². The summed E-state index contributed by atoms with van der Waals surface area (Å²) in [5, 5.41) is 2.32. The smallest absolute Gasteiger partial charge is 0.273 e. The molecule has 9 heteroatoms. The SMILES string of the molecule is Cc1cnc(C2CN([C@@H]3CCCC[C@H]3Oc3ccc4c(c3)CN(N3C(=O)CCCC3=O)C4=O)C2)o1. The molecule has 3 amide bonds. The number of hydrazine groups is 1. The number of imide groups is 1. The van der Waals surface area contributed by atoms with Gasteiger partial charge in [0.25, 0.3) is 5.91 Å². The number of likely N-dealkylation sites (tertiary alicyclic amines) is 1. The molecule has 1 aromatic heterocycles. The number of fused-ring (bicyclic) bond motifs is 1. The lowest BCUT2D eigenvalue weighted by molar-refractivity contribution is -0.163. The number of piperidine rings is 1. The molecule has 0 radical (unpaired) electrons. The summed E-state index contributed by atoms with van der Waals surface area (Å²) in [7, 11) is 0. The van der Waals surface area contributed by atoms with Gasteiger partial charge in [0.1, 0.15) is 17.6 Å². The van der Waals surface area contributed by atoms with Crippen LogP contribution in [0.4, 0.5) is 0 Å². The second-order valence-corrected chi connectivity index (χ2v) is 10.1. The van der Waals surface area contributed by atoms with Crippen LogP contribution >= 0.6 is 0 Å². The zero-order valence-corrected chi connectivity index (χ0v) is 19.9. The van der Waals surface area contributed by atoms with Gasteiger partial charge in [-0.3, -0.25) is 19.3 Å². The number of carbonyl (C=O) groups is 3. The molecular formula is C26H30N4O5. The Morgan fingerprint density at radius 3 is 2.54 bits per heavy atom. The van der Waals surface area contributed by atoms with E-state index in [-0.39, 0.29) is 43.2 Å². The third-order valence-corrected chi connectivity index (χ3v) is 7.68. The first-order chi connectivity index (χ1) is 17.0. The Balaban J connectivity index is 1.13. The third-order valence-electron chi connectivity index (χ3n) is 7.68. The molecule has 1 aliphatic carbocycles. The molecule has 35 heavy (non-hydrogen) atoms. The van der Waals surface area contributed by atoms with E-state index in [1.807, 2.05) is 19.1 Å². The maximum atomic E-state index is 12.9. The van der Waals surface area contributed by atoms with E-state index in [0.717, 1.165) is 60.3 Å². The van der Waals surface area contributed by atoms with Crippen molar-refractivity contribution < 1.29 is 23.5 Å². The number of amides is 3. The predicted molar refractivity (Wildman–Crippen MR) is 124 cm³/mol. The molecule has 184 valence electrons. The van der Waals surface area contributed by atoms with Crippen molar-refractivity contribution in [2.45, 2.75) is 76.5 Å². The minimum absolute atomic E-state index is 0.0764. The number of carbonyl (C=O) groups excluding carboxylic acids is 3. The van der Waals surface area contributed by atoms with Crippen LogP contribution in [0.2, 0.25) is 0 Å². The quantitative estimate of drug-likeness (QED) is 0.609. The van der Waals surface area contributed by atoms with E-state index < -0.39 is 0 Å². The topological polar surface area (TPSA) is 96.2 Å². The number of benzene rings is 1. The zero-order chi connectivity index (χ0) is 24.1. The highest BCUT2D eigenvalue weighted by atomic mass is 16.5. The summed E-state index contributed by atoms with van der Waals surface area (Å²) >= 11 is 0. The van der Waals surface area contributed by atoms with Crippen molar-refractivity contribution in [3.63, 3.8) is 0 Å². The number of aromatic nitrogens is 1. The molecule has 0 unspecified atom stereocenters. The fourth-order valence-electron chi connectivity index (χ4n) is 5.84. The zero-order valence-electron chi connectivity index (χ0n) is 19.9. The van der Waals surface area contributed by atoms with Crippen molar-refractivity contribution in [1.82, 2.24) is 19.9 Å². The van der Waals surface area contributed by atoms with Crippen LogP contribution in [-0.2, 0) is 16.1 Å². The van der Waals surface area contributed by atoms with Crippen molar-refractivity contribution >= 4 is 17.7 Å². The number of oxazole rings is 1. The Morgan fingerprint density at radius 2 is 1.80 bits per heavy atom. The van der Waals surface area contributed by atoms with E-state index in [2.05, 4.69) is 9.88 Å². The number of ether oxygens (including phenoxy) is 1. The van der Waals surface area contributed by atoms with Crippen LogP contribution in [-0.4, -0.2) is 62.9 Å². The monoisotopic (exact) mass is 478 g/mol. The average molecular weight is 479 g/mol. The Bertz CT molecular complexity index is 1150. The molecule has 0 bridgehead atoms. The van der Waals surface area contributed by atoms with Gasteiger partial charge in [0.2, 0.25) is 11.8 Å². The van der Waals surface area contributed by atoms with Crippen molar-refractivity contribution in [3.8, 4) is 5.75 Å². The average Bonchev–Trinajstić information content (AvgIpc) is 3.37. The van der Waals surface area contributed by atoms with E-state index in [1.54, 1.807) is 12.3 Å². The Hall–Kier alpha value is -3.20. The fourth-order valence-corrected chi connectivity index (χ4v) is 5.84. The molecule has 2 aromatic rings. The van der Waals surface area contributed by atoms with Crippen LogP contribution in [0.3, 0.4) is 0 Å². The van der Waals surface area contributed by atoms with Gasteiger partial charge in [-0.05, 0) is 56.4 Å². The maximum Gasteiger partial charge on any atom is 0.273 e. The number of aryl methyl sites for hydroxylation is 1. The molecule has 1 aromatic carbocycles. The van der Waals surface area contributed by atoms with Crippen molar-refractivity contribution in [3.05, 3.63) is 47.2 Å². The van der Waals surface area contributed by atoms with Crippen molar-refractivity contribution in [2.24, 2.45) is 0 Å². The van der Waals surface area contributed by atoms with Crippen LogP contribution in [0.1, 0.15) is 78.4 Å². The van der Waals surface area contributed by atoms with Gasteiger partial charge in [0.05, 0.1) is 18.7 Å². The van der Waals surface area contributed by atoms with E-state index in [0.29, 0.717) is 23.9 Å². The molecule has 1 saturated carbocycles. The highest BCUT2D eigenvalue weighted by molar-refractivity contribution is 6.04. The van der Waals surface area contributed by atoms with Gasteiger partial charge in [0, 0.05) is 37.5 Å². The summed E-state index contributed by atoms with van der Waals surface area (Å²) in [5.74, 6) is 1.81. The highest BCUT2D eigenvalue weighted by Gasteiger charge is 2.42. The fraction of sp³-hybridized carbons (Fsp3) is 0.538. The van der Waals surface area contributed by atoms with E-state index in [4.69, 9.17) is 9.15 Å². The van der Waals surface area contributed by atoms with Crippen LogP contribution < -0.4 is 4.74 Å².